The predicted octanol–water partition coefficient (Wildman–Crippen LogP) is 0.858. The van der Waals surface area contributed by atoms with Crippen LogP contribution in [0.25, 0.3) is 0 Å². The molecule has 0 atom stereocenters. The van der Waals surface area contributed by atoms with E-state index in [1.807, 2.05) is 6.92 Å². The number of aliphatic hydroxyl groups is 1. The minimum Gasteiger partial charge on any atom is -0.394 e. The van der Waals surface area contributed by atoms with Crippen LogP contribution in [0.5, 0.6) is 0 Å². The zero-order valence-corrected chi connectivity index (χ0v) is 10.4. The lowest BCUT2D eigenvalue weighted by Gasteiger charge is -2.09. The van der Waals surface area contributed by atoms with E-state index < -0.39 is 5.82 Å². The molecule has 0 bridgehead atoms. The molecule has 102 valence electrons. The molecule has 0 spiro atoms. The Morgan fingerprint density at radius 3 is 2.89 bits per heavy atom. The minimum atomic E-state index is -0.501. The molecule has 1 aromatic rings. The number of hydrogen-bond donors (Lipinski definition) is 3. The number of aromatic nitrogens is 2. The second-order valence-corrected chi connectivity index (χ2v) is 3.58. The Kier molecular flexibility index (Phi) is 6.97. The molecule has 0 aliphatic carbocycles. The van der Waals surface area contributed by atoms with E-state index >= 15 is 0 Å². The minimum absolute atomic E-state index is 0.0209. The van der Waals surface area contributed by atoms with Gasteiger partial charge in [0.25, 0.3) is 0 Å². The van der Waals surface area contributed by atoms with Gasteiger partial charge in [-0.1, -0.05) is 6.92 Å². The lowest BCUT2D eigenvalue weighted by Crippen LogP contribution is -2.14. The number of anilines is 2. The summed E-state index contributed by atoms with van der Waals surface area (Å²) in [5.74, 6) is 0.0486. The second-order valence-electron chi connectivity index (χ2n) is 3.58. The van der Waals surface area contributed by atoms with Gasteiger partial charge in [0.05, 0.1) is 26.0 Å². The summed E-state index contributed by atoms with van der Waals surface area (Å²) >= 11 is 0. The van der Waals surface area contributed by atoms with Crippen molar-refractivity contribution in [2.45, 2.75) is 13.3 Å². The van der Waals surface area contributed by atoms with Crippen LogP contribution in [0.4, 0.5) is 16.2 Å². The molecular formula is C11H19FN4O2. The van der Waals surface area contributed by atoms with Crippen molar-refractivity contribution in [1.29, 1.82) is 0 Å². The van der Waals surface area contributed by atoms with Gasteiger partial charge in [0.15, 0.2) is 11.6 Å². The van der Waals surface area contributed by atoms with Crippen molar-refractivity contribution < 1.29 is 14.2 Å². The first kappa shape index (κ1) is 14.6. The van der Waals surface area contributed by atoms with E-state index in [9.17, 15) is 4.39 Å². The highest BCUT2D eigenvalue weighted by atomic mass is 19.1. The van der Waals surface area contributed by atoms with E-state index in [1.54, 1.807) is 0 Å². The maximum absolute atomic E-state index is 13.4. The van der Waals surface area contributed by atoms with Crippen LogP contribution < -0.4 is 10.6 Å². The molecule has 6 nitrogen and oxygen atoms in total. The number of rotatable bonds is 9. The van der Waals surface area contributed by atoms with E-state index in [4.69, 9.17) is 9.84 Å². The Hall–Kier alpha value is -1.47. The number of halogens is 1. The van der Waals surface area contributed by atoms with Crippen molar-refractivity contribution in [3.05, 3.63) is 12.0 Å². The van der Waals surface area contributed by atoms with Crippen molar-refractivity contribution >= 4 is 11.8 Å². The van der Waals surface area contributed by atoms with Crippen LogP contribution in [-0.4, -0.2) is 48.0 Å². The van der Waals surface area contributed by atoms with Crippen molar-refractivity contribution in [3.8, 4) is 0 Å². The van der Waals surface area contributed by atoms with Gasteiger partial charge >= 0.3 is 0 Å². The van der Waals surface area contributed by atoms with Gasteiger partial charge in [-0.3, -0.25) is 0 Å². The van der Waals surface area contributed by atoms with Gasteiger partial charge in [0, 0.05) is 13.1 Å². The zero-order chi connectivity index (χ0) is 13.2. The number of nitrogens with one attached hydrogen (secondary N) is 2. The Morgan fingerprint density at radius 2 is 2.17 bits per heavy atom. The molecule has 3 N–H and O–H groups in total. The molecule has 0 aromatic carbocycles. The number of nitrogens with zero attached hydrogens (tertiary/aromatic N) is 2. The first-order valence-corrected chi connectivity index (χ1v) is 5.96. The van der Waals surface area contributed by atoms with Crippen LogP contribution >= 0.6 is 0 Å². The van der Waals surface area contributed by atoms with Gasteiger partial charge in [-0.2, -0.15) is 4.98 Å². The first-order valence-electron chi connectivity index (χ1n) is 5.96. The highest BCUT2D eigenvalue weighted by molar-refractivity contribution is 5.40. The Morgan fingerprint density at radius 1 is 1.33 bits per heavy atom. The van der Waals surface area contributed by atoms with Crippen LogP contribution in [0.2, 0.25) is 0 Å². The third-order valence-corrected chi connectivity index (χ3v) is 2.05. The summed E-state index contributed by atoms with van der Waals surface area (Å²) in [6.45, 7) is 3.81. The quantitative estimate of drug-likeness (QED) is 0.570. The van der Waals surface area contributed by atoms with Crippen LogP contribution in [0.15, 0.2) is 6.20 Å². The van der Waals surface area contributed by atoms with Crippen molar-refractivity contribution in [2.24, 2.45) is 0 Å². The zero-order valence-electron chi connectivity index (χ0n) is 10.4. The summed E-state index contributed by atoms with van der Waals surface area (Å²) in [5.41, 5.74) is 0. The van der Waals surface area contributed by atoms with Crippen LogP contribution in [0.3, 0.4) is 0 Å². The van der Waals surface area contributed by atoms with Crippen LogP contribution in [0, 0.1) is 5.82 Å². The number of ether oxygens (including phenoxy) is 1. The predicted molar refractivity (Wildman–Crippen MR) is 67.2 cm³/mol. The van der Waals surface area contributed by atoms with Gasteiger partial charge in [0.2, 0.25) is 5.95 Å². The van der Waals surface area contributed by atoms with Crippen molar-refractivity contribution in [2.75, 3.05) is 43.5 Å². The van der Waals surface area contributed by atoms with Crippen LogP contribution in [-0.2, 0) is 4.74 Å². The van der Waals surface area contributed by atoms with Crippen LogP contribution in [0.1, 0.15) is 13.3 Å². The maximum atomic E-state index is 13.4. The first-order chi connectivity index (χ1) is 8.77. The van der Waals surface area contributed by atoms with Gasteiger partial charge in [-0.05, 0) is 6.42 Å². The van der Waals surface area contributed by atoms with Crippen molar-refractivity contribution in [1.82, 2.24) is 9.97 Å². The standard InChI is InChI=1S/C11H19FN4O2/c1-2-3-14-11-15-8-9(12)10(16-11)13-4-6-18-7-5-17/h8,17H,2-7H2,1H3,(H2,13,14,15,16). The van der Waals surface area contributed by atoms with Gasteiger partial charge in [0.1, 0.15) is 0 Å². The van der Waals surface area contributed by atoms with E-state index in [2.05, 4.69) is 20.6 Å². The summed E-state index contributed by atoms with van der Waals surface area (Å²) in [5, 5.41) is 14.3. The van der Waals surface area contributed by atoms with Crippen molar-refractivity contribution in [3.63, 3.8) is 0 Å². The molecule has 0 radical (unpaired) electrons. The largest absolute Gasteiger partial charge is 0.394 e. The van der Waals surface area contributed by atoms with E-state index in [0.29, 0.717) is 19.1 Å². The molecule has 18 heavy (non-hydrogen) atoms. The fraction of sp³-hybridized carbons (Fsp3) is 0.636. The third kappa shape index (κ3) is 5.24. The number of hydrogen-bond acceptors (Lipinski definition) is 6. The average Bonchev–Trinajstić information content (AvgIpc) is 2.39. The highest BCUT2D eigenvalue weighted by Crippen LogP contribution is 2.11. The average molecular weight is 258 g/mol. The molecule has 7 heteroatoms. The Balaban J connectivity index is 2.42. The van der Waals surface area contributed by atoms with Gasteiger partial charge < -0.3 is 20.5 Å². The second kappa shape index (κ2) is 8.60. The Labute approximate surface area is 106 Å². The topological polar surface area (TPSA) is 79.3 Å². The molecule has 0 saturated heterocycles. The maximum Gasteiger partial charge on any atom is 0.224 e. The summed E-state index contributed by atoms with van der Waals surface area (Å²) in [6, 6.07) is 0. The normalized spacial score (nSPS) is 10.4. The molecule has 0 aliphatic heterocycles. The number of aliphatic hydroxyl groups excluding tert-OH is 1. The van der Waals surface area contributed by atoms with Gasteiger partial charge in [-0.15, -0.1) is 0 Å². The highest BCUT2D eigenvalue weighted by Gasteiger charge is 2.05. The molecule has 1 rings (SSSR count). The summed E-state index contributed by atoms with van der Waals surface area (Å²) in [7, 11) is 0. The van der Waals surface area contributed by atoms with E-state index in [0.717, 1.165) is 19.2 Å². The van der Waals surface area contributed by atoms with E-state index in [-0.39, 0.29) is 19.0 Å². The fourth-order valence-corrected chi connectivity index (χ4v) is 1.22. The molecule has 0 aliphatic rings. The smallest absolute Gasteiger partial charge is 0.224 e. The monoisotopic (exact) mass is 258 g/mol. The molecule has 0 saturated carbocycles. The molecular weight excluding hydrogens is 239 g/mol. The lowest BCUT2D eigenvalue weighted by atomic mass is 10.5. The summed E-state index contributed by atoms with van der Waals surface area (Å²) in [6.07, 6.45) is 2.07. The molecule has 0 fully saturated rings. The molecule has 0 amide bonds. The third-order valence-electron chi connectivity index (χ3n) is 2.05. The van der Waals surface area contributed by atoms with Gasteiger partial charge in [-0.25, -0.2) is 9.37 Å². The summed E-state index contributed by atoms with van der Waals surface area (Å²) in [4.78, 5) is 7.85. The molecule has 1 aromatic heterocycles. The Bertz CT molecular complexity index is 352. The molecule has 0 unspecified atom stereocenters. The summed E-state index contributed by atoms with van der Waals surface area (Å²) < 4.78 is 18.4. The fourth-order valence-electron chi connectivity index (χ4n) is 1.22. The lowest BCUT2D eigenvalue weighted by molar-refractivity contribution is 0.0991. The SMILES string of the molecule is CCCNc1ncc(F)c(NCCOCCO)n1. The molecule has 1 heterocycles. The van der Waals surface area contributed by atoms with E-state index in [1.165, 1.54) is 0 Å².